The molecule has 72 valence electrons. The summed E-state index contributed by atoms with van der Waals surface area (Å²) < 4.78 is 0. The van der Waals surface area contributed by atoms with Gasteiger partial charge in [-0.15, -0.1) is 0 Å². The van der Waals surface area contributed by atoms with E-state index in [0.29, 0.717) is 0 Å². The fourth-order valence-electron chi connectivity index (χ4n) is 1.15. The first-order valence-electron chi connectivity index (χ1n) is 5.02. The fraction of sp³-hybridized carbons (Fsp3) is 0.818. The Morgan fingerprint density at radius 2 is 1.83 bits per heavy atom. The molecule has 0 aromatic heterocycles. The summed E-state index contributed by atoms with van der Waals surface area (Å²) in [5, 5.41) is 1.03. The van der Waals surface area contributed by atoms with Gasteiger partial charge in [0, 0.05) is 5.33 Å². The van der Waals surface area contributed by atoms with Gasteiger partial charge in [0.1, 0.15) is 0 Å². The number of rotatable bonds is 7. The third kappa shape index (κ3) is 8.32. The Hall–Kier alpha value is 0.220. The smallest absolute Gasteiger partial charge is 0.0239 e. The molecule has 0 heterocycles. The maximum atomic E-state index is 3.44. The third-order valence-electron chi connectivity index (χ3n) is 2.01. The molecule has 0 amide bonds. The summed E-state index contributed by atoms with van der Waals surface area (Å²) >= 11 is 3.44. The van der Waals surface area contributed by atoms with Crippen molar-refractivity contribution in [3.63, 3.8) is 0 Å². The molecule has 0 saturated carbocycles. The van der Waals surface area contributed by atoms with E-state index in [1.54, 1.807) is 0 Å². The van der Waals surface area contributed by atoms with E-state index in [9.17, 15) is 0 Å². The average molecular weight is 233 g/mol. The molecule has 0 aliphatic rings. The lowest BCUT2D eigenvalue weighted by Crippen LogP contribution is -1.79. The van der Waals surface area contributed by atoms with E-state index in [0.717, 1.165) is 5.33 Å². The summed E-state index contributed by atoms with van der Waals surface area (Å²) in [4.78, 5) is 0. The largest absolute Gasteiger partial charge is 0.0880 e. The highest BCUT2D eigenvalue weighted by Gasteiger charge is 1.88. The van der Waals surface area contributed by atoms with Crippen LogP contribution >= 0.6 is 15.9 Å². The van der Waals surface area contributed by atoms with Gasteiger partial charge in [-0.25, -0.2) is 0 Å². The lowest BCUT2D eigenvalue weighted by atomic mass is 10.1. The van der Waals surface area contributed by atoms with Crippen molar-refractivity contribution in [3.8, 4) is 0 Å². The van der Waals surface area contributed by atoms with Gasteiger partial charge in [0.15, 0.2) is 0 Å². The molecule has 12 heavy (non-hydrogen) atoms. The highest BCUT2D eigenvalue weighted by Crippen LogP contribution is 2.07. The molecule has 0 aromatic rings. The monoisotopic (exact) mass is 232 g/mol. The van der Waals surface area contributed by atoms with Gasteiger partial charge < -0.3 is 0 Å². The molecule has 0 aromatic carbocycles. The summed E-state index contributed by atoms with van der Waals surface area (Å²) in [6, 6.07) is 0. The second-order valence-electron chi connectivity index (χ2n) is 3.39. The van der Waals surface area contributed by atoms with Crippen molar-refractivity contribution in [2.75, 3.05) is 5.33 Å². The molecule has 0 atom stereocenters. The molecule has 0 unspecified atom stereocenters. The molecular weight excluding hydrogens is 212 g/mol. The lowest BCUT2D eigenvalue weighted by molar-refractivity contribution is 0.637. The minimum Gasteiger partial charge on any atom is -0.0880 e. The molecule has 0 bridgehead atoms. The van der Waals surface area contributed by atoms with Crippen molar-refractivity contribution in [2.45, 2.75) is 52.4 Å². The Morgan fingerprint density at radius 1 is 1.17 bits per heavy atom. The van der Waals surface area contributed by atoms with Crippen LogP contribution in [0, 0.1) is 0 Å². The number of hydrogen-bond acceptors (Lipinski definition) is 0. The van der Waals surface area contributed by atoms with Crippen LogP contribution in [0.25, 0.3) is 0 Å². The van der Waals surface area contributed by atoms with Crippen molar-refractivity contribution in [2.24, 2.45) is 0 Å². The molecule has 0 fully saturated rings. The molecular formula is C11H21Br. The van der Waals surface area contributed by atoms with E-state index in [4.69, 9.17) is 0 Å². The summed E-state index contributed by atoms with van der Waals surface area (Å²) in [6.07, 6.45) is 10.5. The van der Waals surface area contributed by atoms with Crippen LogP contribution in [0.2, 0.25) is 0 Å². The van der Waals surface area contributed by atoms with Crippen LogP contribution in [0.15, 0.2) is 11.6 Å². The van der Waals surface area contributed by atoms with Crippen molar-refractivity contribution < 1.29 is 0 Å². The summed E-state index contributed by atoms with van der Waals surface area (Å²) in [7, 11) is 0. The van der Waals surface area contributed by atoms with Gasteiger partial charge in [-0.3, -0.25) is 0 Å². The van der Waals surface area contributed by atoms with Gasteiger partial charge in [-0.05, 0) is 19.8 Å². The summed E-state index contributed by atoms with van der Waals surface area (Å²) in [6.45, 7) is 4.44. The van der Waals surface area contributed by atoms with Gasteiger partial charge in [0.05, 0.1) is 0 Å². The standard InChI is InChI=1S/C11H21Br/c1-3-4-5-6-7-8-9-11(2)10-12/h9H,3-8,10H2,1-2H3/b11-9+. The van der Waals surface area contributed by atoms with Crippen LogP contribution < -0.4 is 0 Å². The Morgan fingerprint density at radius 3 is 2.42 bits per heavy atom. The van der Waals surface area contributed by atoms with Crippen LogP contribution in [0.3, 0.4) is 0 Å². The zero-order chi connectivity index (χ0) is 9.23. The van der Waals surface area contributed by atoms with Gasteiger partial charge in [0.2, 0.25) is 0 Å². The normalized spacial score (nSPS) is 12.1. The first kappa shape index (κ1) is 12.2. The summed E-state index contributed by atoms with van der Waals surface area (Å²) in [5.41, 5.74) is 1.46. The number of alkyl halides is 1. The molecule has 0 spiro atoms. The van der Waals surface area contributed by atoms with E-state index in [-0.39, 0.29) is 0 Å². The predicted molar refractivity (Wildman–Crippen MR) is 60.9 cm³/mol. The van der Waals surface area contributed by atoms with E-state index >= 15 is 0 Å². The Labute approximate surface area is 85.6 Å². The third-order valence-corrected chi connectivity index (χ3v) is 2.90. The maximum absolute atomic E-state index is 3.44. The van der Waals surface area contributed by atoms with Crippen LogP contribution in [-0.2, 0) is 0 Å². The lowest BCUT2D eigenvalue weighted by Gasteiger charge is -1.97. The predicted octanol–water partition coefficient (Wildman–Crippen LogP) is 4.69. The van der Waals surface area contributed by atoms with E-state index < -0.39 is 0 Å². The molecule has 0 saturated heterocycles. The zero-order valence-electron chi connectivity index (χ0n) is 8.41. The Balaban J connectivity index is 3.10. The van der Waals surface area contributed by atoms with Crippen molar-refractivity contribution >= 4 is 15.9 Å². The number of hydrogen-bond donors (Lipinski definition) is 0. The van der Waals surface area contributed by atoms with Crippen molar-refractivity contribution in [1.82, 2.24) is 0 Å². The molecule has 0 radical (unpaired) electrons. The first-order chi connectivity index (χ1) is 5.81. The van der Waals surface area contributed by atoms with Crippen molar-refractivity contribution in [3.05, 3.63) is 11.6 Å². The zero-order valence-corrected chi connectivity index (χ0v) is 9.99. The molecule has 0 N–H and O–H groups in total. The minimum absolute atomic E-state index is 1.03. The van der Waals surface area contributed by atoms with Gasteiger partial charge >= 0.3 is 0 Å². The van der Waals surface area contributed by atoms with Crippen molar-refractivity contribution in [1.29, 1.82) is 0 Å². The minimum atomic E-state index is 1.03. The first-order valence-corrected chi connectivity index (χ1v) is 6.15. The average Bonchev–Trinajstić information content (AvgIpc) is 2.10. The van der Waals surface area contributed by atoms with Gasteiger partial charge in [-0.1, -0.05) is 60.2 Å². The van der Waals surface area contributed by atoms with Gasteiger partial charge in [-0.2, -0.15) is 0 Å². The number of unbranched alkanes of at least 4 members (excludes halogenated alkanes) is 5. The Kier molecular flexibility index (Phi) is 9.48. The maximum Gasteiger partial charge on any atom is 0.0239 e. The van der Waals surface area contributed by atoms with Crippen LogP contribution in [0.4, 0.5) is 0 Å². The molecule has 0 aliphatic heterocycles. The number of allylic oxidation sites excluding steroid dienone is 2. The Bertz CT molecular complexity index is 116. The molecule has 0 nitrogen and oxygen atoms in total. The van der Waals surface area contributed by atoms with E-state index in [1.165, 1.54) is 44.1 Å². The SMILES string of the molecule is CCCCCCC/C=C(\C)CBr. The fourth-order valence-corrected chi connectivity index (χ4v) is 1.38. The van der Waals surface area contributed by atoms with Crippen LogP contribution in [0.5, 0.6) is 0 Å². The second-order valence-corrected chi connectivity index (χ2v) is 3.95. The highest BCUT2D eigenvalue weighted by molar-refractivity contribution is 9.09. The molecule has 1 heteroatoms. The van der Waals surface area contributed by atoms with Crippen LogP contribution in [-0.4, -0.2) is 5.33 Å². The number of halogens is 1. The van der Waals surface area contributed by atoms with Crippen LogP contribution in [0.1, 0.15) is 52.4 Å². The van der Waals surface area contributed by atoms with E-state index in [2.05, 4.69) is 35.9 Å². The second kappa shape index (κ2) is 9.31. The topological polar surface area (TPSA) is 0 Å². The molecule has 0 aliphatic carbocycles. The highest BCUT2D eigenvalue weighted by atomic mass is 79.9. The van der Waals surface area contributed by atoms with E-state index in [1.807, 2.05) is 0 Å². The molecule has 0 rings (SSSR count). The summed E-state index contributed by atoms with van der Waals surface area (Å²) in [5.74, 6) is 0. The van der Waals surface area contributed by atoms with Gasteiger partial charge in [0.25, 0.3) is 0 Å². The quantitative estimate of drug-likeness (QED) is 0.340.